The minimum atomic E-state index is -0.0515. The summed E-state index contributed by atoms with van der Waals surface area (Å²) < 4.78 is 7.17. The molecule has 7 nitrogen and oxygen atoms in total. The number of rotatable bonds is 7. The normalized spacial score (nSPS) is 11.2. The largest absolute Gasteiger partial charge is 0.339 e. The quantitative estimate of drug-likeness (QED) is 0.185. The number of para-hydroxylation sites is 2. The Bertz CT molecular complexity index is 1490. The van der Waals surface area contributed by atoms with Crippen LogP contribution in [0.3, 0.4) is 0 Å². The molecule has 0 fully saturated rings. The fourth-order valence-corrected chi connectivity index (χ4v) is 4.86. The van der Waals surface area contributed by atoms with Crippen molar-refractivity contribution < 1.29 is 4.52 Å². The van der Waals surface area contributed by atoms with Gasteiger partial charge in [0.1, 0.15) is 0 Å². The van der Waals surface area contributed by atoms with Crippen LogP contribution in [0.15, 0.2) is 81.5 Å². The van der Waals surface area contributed by atoms with Crippen LogP contribution in [0, 0.1) is 13.8 Å². The summed E-state index contributed by atoms with van der Waals surface area (Å²) in [5, 5.41) is 5.36. The minimum absolute atomic E-state index is 0.0515. The van der Waals surface area contributed by atoms with Gasteiger partial charge in [0.25, 0.3) is 5.56 Å². The van der Waals surface area contributed by atoms with Crippen LogP contribution in [0.25, 0.3) is 28.0 Å². The van der Waals surface area contributed by atoms with Crippen molar-refractivity contribution in [1.82, 2.24) is 24.7 Å². The number of nitrogens with zero attached hydrogens (tertiary/aromatic N) is 5. The van der Waals surface area contributed by atoms with Crippen molar-refractivity contribution in [1.29, 1.82) is 0 Å². The van der Waals surface area contributed by atoms with Crippen molar-refractivity contribution in [3.63, 3.8) is 0 Å². The maximum atomic E-state index is 13.5. The van der Waals surface area contributed by atoms with Crippen LogP contribution >= 0.6 is 11.8 Å². The highest BCUT2D eigenvalue weighted by Crippen LogP contribution is 2.26. The summed E-state index contributed by atoms with van der Waals surface area (Å²) >= 11 is 1.56. The summed E-state index contributed by atoms with van der Waals surface area (Å²) in [6.45, 7) is 4.04. The van der Waals surface area contributed by atoms with Gasteiger partial charge in [0.05, 0.1) is 16.6 Å². The van der Waals surface area contributed by atoms with Crippen molar-refractivity contribution in [3.8, 4) is 17.1 Å². The number of aromatic nitrogens is 5. The molecule has 0 aliphatic heterocycles. The summed E-state index contributed by atoms with van der Waals surface area (Å²) in [6, 6.07) is 17.2. The molecule has 3 heterocycles. The van der Waals surface area contributed by atoms with Crippen LogP contribution < -0.4 is 5.56 Å². The molecule has 0 saturated carbocycles. The predicted molar refractivity (Wildman–Crippen MR) is 133 cm³/mol. The zero-order valence-electron chi connectivity index (χ0n) is 18.9. The molecule has 0 spiro atoms. The second-order valence-electron chi connectivity index (χ2n) is 7.99. The fourth-order valence-electron chi connectivity index (χ4n) is 3.93. The van der Waals surface area contributed by atoms with Gasteiger partial charge in [-0.3, -0.25) is 14.3 Å². The molecular weight excluding hydrogens is 446 g/mol. The monoisotopic (exact) mass is 469 g/mol. The highest BCUT2D eigenvalue weighted by atomic mass is 32.2. The van der Waals surface area contributed by atoms with Crippen LogP contribution in [-0.4, -0.2) is 30.4 Å². The van der Waals surface area contributed by atoms with E-state index in [1.807, 2.05) is 68.4 Å². The van der Waals surface area contributed by atoms with E-state index < -0.39 is 0 Å². The van der Waals surface area contributed by atoms with Crippen molar-refractivity contribution in [2.75, 3.05) is 5.75 Å². The molecule has 0 atom stereocenters. The standard InChI is InChI=1S/C26H23N5O2S/c1-17-7-5-8-18(2)23(17)31-25(32)20-9-3-4-10-21(20)28-26(31)34-16-6-11-22-29-24(30-33-22)19-12-14-27-15-13-19/h3-5,7-10,12-15H,6,11,16H2,1-2H3. The second kappa shape index (κ2) is 9.61. The van der Waals surface area contributed by atoms with Crippen molar-refractivity contribution in [2.45, 2.75) is 31.8 Å². The van der Waals surface area contributed by atoms with Gasteiger partial charge in [0.2, 0.25) is 11.7 Å². The van der Waals surface area contributed by atoms with Gasteiger partial charge >= 0.3 is 0 Å². The molecule has 0 N–H and O–H groups in total. The fraction of sp³-hybridized carbons (Fsp3) is 0.192. The van der Waals surface area contributed by atoms with E-state index in [4.69, 9.17) is 9.51 Å². The lowest BCUT2D eigenvalue weighted by Gasteiger charge is -2.17. The molecule has 0 radical (unpaired) electrons. The maximum Gasteiger partial charge on any atom is 0.266 e. The van der Waals surface area contributed by atoms with Gasteiger partial charge in [-0.1, -0.05) is 47.3 Å². The van der Waals surface area contributed by atoms with Crippen LogP contribution in [-0.2, 0) is 6.42 Å². The topological polar surface area (TPSA) is 86.7 Å². The van der Waals surface area contributed by atoms with E-state index in [-0.39, 0.29) is 5.56 Å². The average molecular weight is 470 g/mol. The molecule has 0 unspecified atom stereocenters. The average Bonchev–Trinajstić information content (AvgIpc) is 3.33. The van der Waals surface area contributed by atoms with E-state index in [1.54, 1.807) is 28.7 Å². The second-order valence-corrected chi connectivity index (χ2v) is 9.05. The molecule has 3 aromatic heterocycles. The highest BCUT2D eigenvalue weighted by molar-refractivity contribution is 7.99. The lowest BCUT2D eigenvalue weighted by atomic mass is 10.1. The van der Waals surface area contributed by atoms with E-state index in [1.165, 1.54) is 0 Å². The number of benzene rings is 2. The van der Waals surface area contributed by atoms with Crippen LogP contribution in [0.4, 0.5) is 0 Å². The van der Waals surface area contributed by atoms with E-state index >= 15 is 0 Å². The van der Waals surface area contributed by atoms with Gasteiger partial charge in [0, 0.05) is 30.1 Å². The zero-order valence-corrected chi connectivity index (χ0v) is 19.7. The molecule has 0 bridgehead atoms. The zero-order chi connectivity index (χ0) is 23.5. The van der Waals surface area contributed by atoms with E-state index in [0.717, 1.165) is 34.6 Å². The first-order valence-electron chi connectivity index (χ1n) is 11.1. The number of aryl methyl sites for hydroxylation is 3. The Morgan fingerprint density at radius 2 is 1.71 bits per heavy atom. The molecular formula is C26H23N5O2S. The molecule has 0 aliphatic carbocycles. The molecule has 170 valence electrons. The van der Waals surface area contributed by atoms with Gasteiger partial charge < -0.3 is 4.52 Å². The molecule has 2 aromatic carbocycles. The van der Waals surface area contributed by atoms with Gasteiger partial charge in [-0.2, -0.15) is 4.98 Å². The van der Waals surface area contributed by atoms with Gasteiger partial charge in [-0.05, 0) is 55.7 Å². The molecule has 0 amide bonds. The summed E-state index contributed by atoms with van der Waals surface area (Å²) in [5.41, 5.74) is 4.50. The third kappa shape index (κ3) is 4.36. The maximum absolute atomic E-state index is 13.5. The Kier molecular flexibility index (Phi) is 6.22. The van der Waals surface area contributed by atoms with Crippen LogP contribution in [0.5, 0.6) is 0 Å². The number of hydrogen-bond acceptors (Lipinski definition) is 7. The van der Waals surface area contributed by atoms with E-state index in [2.05, 4.69) is 15.1 Å². The lowest BCUT2D eigenvalue weighted by molar-refractivity contribution is 0.378. The molecule has 5 aromatic rings. The lowest BCUT2D eigenvalue weighted by Crippen LogP contribution is -2.23. The third-order valence-electron chi connectivity index (χ3n) is 5.58. The molecule has 5 rings (SSSR count). The van der Waals surface area contributed by atoms with E-state index in [0.29, 0.717) is 34.2 Å². The first-order valence-corrected chi connectivity index (χ1v) is 12.0. The summed E-state index contributed by atoms with van der Waals surface area (Å²) in [4.78, 5) is 26.9. The Morgan fingerprint density at radius 1 is 0.941 bits per heavy atom. The third-order valence-corrected chi connectivity index (χ3v) is 6.61. The number of hydrogen-bond donors (Lipinski definition) is 0. The van der Waals surface area contributed by atoms with E-state index in [9.17, 15) is 4.79 Å². The first-order chi connectivity index (χ1) is 16.6. The SMILES string of the molecule is Cc1cccc(C)c1-n1c(SCCCc2nc(-c3ccncc3)no2)nc2ccccc2c1=O. The Hall–Kier alpha value is -3.78. The Labute approximate surface area is 200 Å². The predicted octanol–water partition coefficient (Wildman–Crippen LogP) is 5.17. The Balaban J connectivity index is 1.39. The molecule has 0 saturated heterocycles. The molecule has 34 heavy (non-hydrogen) atoms. The van der Waals surface area contributed by atoms with Crippen molar-refractivity contribution in [2.24, 2.45) is 0 Å². The molecule has 0 aliphatic rings. The van der Waals surface area contributed by atoms with Crippen LogP contribution in [0.1, 0.15) is 23.4 Å². The smallest absolute Gasteiger partial charge is 0.266 e. The number of fused-ring (bicyclic) bond motifs is 1. The summed E-state index contributed by atoms with van der Waals surface area (Å²) in [7, 11) is 0. The molecule has 8 heteroatoms. The van der Waals surface area contributed by atoms with Crippen molar-refractivity contribution >= 4 is 22.7 Å². The minimum Gasteiger partial charge on any atom is -0.339 e. The summed E-state index contributed by atoms with van der Waals surface area (Å²) in [6.07, 6.45) is 4.85. The summed E-state index contributed by atoms with van der Waals surface area (Å²) in [5.74, 6) is 1.90. The van der Waals surface area contributed by atoms with Gasteiger partial charge in [0.15, 0.2) is 5.16 Å². The van der Waals surface area contributed by atoms with Crippen LogP contribution in [0.2, 0.25) is 0 Å². The van der Waals surface area contributed by atoms with Crippen molar-refractivity contribution in [3.05, 3.63) is 94.4 Å². The first kappa shape index (κ1) is 22.0. The van der Waals surface area contributed by atoms with Gasteiger partial charge in [-0.25, -0.2) is 4.98 Å². The van der Waals surface area contributed by atoms with Gasteiger partial charge in [-0.15, -0.1) is 0 Å². The Morgan fingerprint density at radius 3 is 2.50 bits per heavy atom. The number of pyridine rings is 1. The number of thioether (sulfide) groups is 1. The highest BCUT2D eigenvalue weighted by Gasteiger charge is 2.16.